The molecule has 4 amide bonds. The molecule has 2 aliphatic rings. The molecule has 6 atom stereocenters. The zero-order chi connectivity index (χ0) is 41.1. The minimum Gasteiger partial charge on any atom is -0.453 e. The maximum Gasteiger partial charge on any atom is 0.407 e. The van der Waals surface area contributed by atoms with Crippen LogP contribution in [0.1, 0.15) is 90.0 Å². The monoisotopic (exact) mass is 791 g/mol. The molecule has 4 N–H and O–H groups in total. The lowest BCUT2D eigenvalue weighted by Crippen LogP contribution is -2.51. The third-order valence-electron chi connectivity index (χ3n) is 12.0. The molecular formula is C43H53N9O6. The van der Waals surface area contributed by atoms with Crippen molar-refractivity contribution in [2.45, 2.75) is 90.4 Å². The Hall–Kier alpha value is -5.99. The highest BCUT2D eigenvalue weighted by Gasteiger charge is 2.39. The summed E-state index contributed by atoms with van der Waals surface area (Å²) in [6.07, 6.45) is 7.11. The summed E-state index contributed by atoms with van der Waals surface area (Å²) >= 11 is 0. The summed E-state index contributed by atoms with van der Waals surface area (Å²) in [6, 6.07) is 12.4. The van der Waals surface area contributed by atoms with Crippen LogP contribution in [-0.2, 0) is 19.1 Å². The van der Waals surface area contributed by atoms with E-state index in [1.54, 1.807) is 6.20 Å². The van der Waals surface area contributed by atoms with Gasteiger partial charge in [0.2, 0.25) is 11.8 Å². The van der Waals surface area contributed by atoms with Crippen LogP contribution in [0.2, 0.25) is 0 Å². The van der Waals surface area contributed by atoms with Crippen molar-refractivity contribution in [3.05, 3.63) is 66.5 Å². The first-order chi connectivity index (χ1) is 28.0. The smallest absolute Gasteiger partial charge is 0.407 e. The van der Waals surface area contributed by atoms with Crippen molar-refractivity contribution < 1.29 is 28.7 Å². The van der Waals surface area contributed by atoms with E-state index < -0.39 is 24.3 Å². The third kappa shape index (κ3) is 8.07. The SMILES string of the molecule is CC[C@@H](C)C(NC(=O)OC)C(=O)N1CCC[C@H]1c1ncc(-c2ccc3cc(-c4ccc5nc([C@@H]6CCCN6C(=O)C(NC(=O)OC)[C@H](C)CC)[nH]c5c4)ncc3c2)[nH]1. The first-order valence-electron chi connectivity index (χ1n) is 20.3. The Morgan fingerprint density at radius 2 is 1.34 bits per heavy atom. The number of ether oxygens (including phenoxy) is 2. The molecule has 3 aromatic heterocycles. The van der Waals surface area contributed by atoms with Crippen LogP contribution in [0.15, 0.2) is 54.9 Å². The molecule has 306 valence electrons. The fourth-order valence-electron chi connectivity index (χ4n) is 8.19. The highest BCUT2D eigenvalue weighted by Crippen LogP contribution is 2.36. The van der Waals surface area contributed by atoms with E-state index in [9.17, 15) is 19.2 Å². The molecule has 2 aliphatic heterocycles. The molecule has 0 saturated carbocycles. The molecular weight excluding hydrogens is 739 g/mol. The molecule has 0 bridgehead atoms. The second-order valence-electron chi connectivity index (χ2n) is 15.5. The topological polar surface area (TPSA) is 188 Å². The summed E-state index contributed by atoms with van der Waals surface area (Å²) in [5.74, 6) is 1.04. The number of nitrogens with zero attached hydrogens (tertiary/aromatic N) is 5. The number of carbonyl (C=O) groups excluding carboxylic acids is 4. The Balaban J connectivity index is 1.07. The number of fused-ring (bicyclic) bond motifs is 2. The van der Waals surface area contributed by atoms with Gasteiger partial charge in [-0.15, -0.1) is 0 Å². The molecule has 15 heteroatoms. The zero-order valence-electron chi connectivity index (χ0n) is 34.0. The van der Waals surface area contributed by atoms with Crippen LogP contribution in [0, 0.1) is 11.8 Å². The second-order valence-corrected chi connectivity index (χ2v) is 15.5. The van der Waals surface area contributed by atoms with Gasteiger partial charge < -0.3 is 39.9 Å². The molecule has 5 heterocycles. The van der Waals surface area contributed by atoms with Crippen molar-refractivity contribution in [1.29, 1.82) is 0 Å². The van der Waals surface area contributed by atoms with Crippen LogP contribution in [0.4, 0.5) is 9.59 Å². The maximum atomic E-state index is 13.8. The number of methoxy groups -OCH3 is 2. The number of H-pyrrole nitrogens is 2. The highest BCUT2D eigenvalue weighted by atomic mass is 16.5. The minimum absolute atomic E-state index is 0.0627. The summed E-state index contributed by atoms with van der Waals surface area (Å²) in [6.45, 7) is 9.07. The van der Waals surface area contributed by atoms with Crippen LogP contribution in [0.5, 0.6) is 0 Å². The fraction of sp³-hybridized carbons (Fsp3) is 0.465. The Kier molecular flexibility index (Phi) is 12.0. The molecule has 0 spiro atoms. The Labute approximate surface area is 337 Å². The maximum absolute atomic E-state index is 13.8. The van der Waals surface area contributed by atoms with Gasteiger partial charge >= 0.3 is 12.2 Å². The van der Waals surface area contributed by atoms with Gasteiger partial charge in [0.15, 0.2) is 0 Å². The number of imidazole rings is 2. The number of benzene rings is 2. The average Bonchev–Trinajstić information content (AvgIpc) is 4.09. The van der Waals surface area contributed by atoms with Crippen molar-refractivity contribution in [2.75, 3.05) is 27.3 Å². The lowest BCUT2D eigenvalue weighted by Gasteiger charge is -2.30. The normalized spacial score (nSPS) is 18.9. The molecule has 0 radical (unpaired) electrons. The van der Waals surface area contributed by atoms with Gasteiger partial charge in [0.05, 0.1) is 54.9 Å². The number of nitrogens with one attached hydrogen (secondary N) is 4. The first-order valence-corrected chi connectivity index (χ1v) is 20.3. The van der Waals surface area contributed by atoms with Crippen LogP contribution in [0.3, 0.4) is 0 Å². The number of rotatable bonds is 12. The van der Waals surface area contributed by atoms with Crippen molar-refractivity contribution in [1.82, 2.24) is 45.4 Å². The van der Waals surface area contributed by atoms with Crippen LogP contribution in [-0.4, -0.2) is 98.1 Å². The van der Waals surface area contributed by atoms with E-state index in [1.165, 1.54) is 14.2 Å². The highest BCUT2D eigenvalue weighted by molar-refractivity contribution is 5.91. The van der Waals surface area contributed by atoms with Gasteiger partial charge in [-0.05, 0) is 67.2 Å². The number of pyridine rings is 1. The van der Waals surface area contributed by atoms with Crippen molar-refractivity contribution >= 4 is 45.8 Å². The fourth-order valence-corrected chi connectivity index (χ4v) is 8.19. The molecule has 2 unspecified atom stereocenters. The summed E-state index contributed by atoms with van der Waals surface area (Å²) in [7, 11) is 2.60. The van der Waals surface area contributed by atoms with E-state index in [1.807, 2.05) is 68.0 Å². The molecule has 5 aromatic rings. The predicted molar refractivity (Wildman–Crippen MR) is 219 cm³/mol. The quantitative estimate of drug-likeness (QED) is 0.103. The summed E-state index contributed by atoms with van der Waals surface area (Å²) in [5.41, 5.74) is 5.18. The summed E-state index contributed by atoms with van der Waals surface area (Å²) < 4.78 is 9.62. The van der Waals surface area contributed by atoms with Crippen molar-refractivity contribution in [3.8, 4) is 22.5 Å². The number of likely N-dealkylation sites (tertiary alicyclic amines) is 2. The van der Waals surface area contributed by atoms with E-state index in [0.717, 1.165) is 88.7 Å². The van der Waals surface area contributed by atoms with Crippen LogP contribution in [0.25, 0.3) is 44.3 Å². The van der Waals surface area contributed by atoms with Gasteiger partial charge in [-0.25, -0.2) is 19.6 Å². The van der Waals surface area contributed by atoms with Gasteiger partial charge in [-0.2, -0.15) is 0 Å². The number of hydrogen-bond acceptors (Lipinski definition) is 9. The number of aromatic nitrogens is 5. The summed E-state index contributed by atoms with van der Waals surface area (Å²) in [4.78, 5) is 76.8. The van der Waals surface area contributed by atoms with E-state index in [0.29, 0.717) is 18.9 Å². The third-order valence-corrected chi connectivity index (χ3v) is 12.0. The largest absolute Gasteiger partial charge is 0.453 e. The van der Waals surface area contributed by atoms with E-state index in [4.69, 9.17) is 24.4 Å². The lowest BCUT2D eigenvalue weighted by molar-refractivity contribution is -0.136. The molecule has 2 fully saturated rings. The van der Waals surface area contributed by atoms with Crippen LogP contribution < -0.4 is 10.6 Å². The van der Waals surface area contributed by atoms with Crippen molar-refractivity contribution in [2.24, 2.45) is 11.8 Å². The van der Waals surface area contributed by atoms with E-state index in [-0.39, 0.29) is 35.7 Å². The number of alkyl carbamates (subject to hydrolysis) is 2. The lowest BCUT2D eigenvalue weighted by atomic mass is 9.97. The Morgan fingerprint density at radius 1 is 0.741 bits per heavy atom. The average molecular weight is 792 g/mol. The van der Waals surface area contributed by atoms with Crippen molar-refractivity contribution in [3.63, 3.8) is 0 Å². The van der Waals surface area contributed by atoms with Crippen LogP contribution >= 0.6 is 0 Å². The molecule has 58 heavy (non-hydrogen) atoms. The number of amides is 4. The molecule has 2 saturated heterocycles. The van der Waals surface area contributed by atoms with Gasteiger partial charge in [0, 0.05) is 35.8 Å². The molecule has 2 aromatic carbocycles. The van der Waals surface area contributed by atoms with Gasteiger partial charge in [-0.3, -0.25) is 14.6 Å². The van der Waals surface area contributed by atoms with Gasteiger partial charge in [0.25, 0.3) is 0 Å². The Bertz CT molecular complexity index is 2300. The zero-order valence-corrected chi connectivity index (χ0v) is 34.0. The summed E-state index contributed by atoms with van der Waals surface area (Å²) in [5, 5.41) is 7.49. The first kappa shape index (κ1) is 40.2. The standard InChI is InChI=1S/C43H53N9O6/c1-7-24(3)36(49-42(55)57-5)40(53)51-17-9-11-34(51)38-45-23-33(48-38)27-14-13-26-20-31(44-22-29(26)19-27)28-15-16-30-32(21-28)47-39(46-30)35-12-10-18-52(35)41(54)37(25(4)8-2)50-43(56)58-6/h13-16,19-25,34-37H,7-12,17-18H2,1-6H3,(H,45,48)(H,46,47)(H,49,55)(H,50,56)/t24-,25-,34+,35+,36?,37?/m1/s1. The van der Waals surface area contributed by atoms with Gasteiger partial charge in [0.1, 0.15) is 23.7 Å². The van der Waals surface area contributed by atoms with E-state index in [2.05, 4.69) is 38.8 Å². The molecule has 15 nitrogen and oxygen atoms in total. The predicted octanol–water partition coefficient (Wildman–Crippen LogP) is 7.04. The number of carbonyl (C=O) groups is 4. The van der Waals surface area contributed by atoms with E-state index >= 15 is 0 Å². The molecule has 7 rings (SSSR count). The minimum atomic E-state index is -0.687. The number of hydrogen-bond donors (Lipinski definition) is 4. The second kappa shape index (κ2) is 17.2. The molecule has 0 aliphatic carbocycles. The van der Waals surface area contributed by atoms with Gasteiger partial charge in [-0.1, -0.05) is 58.7 Å². The number of aromatic amines is 2. The Morgan fingerprint density at radius 3 is 1.95 bits per heavy atom.